The molecule has 1 spiro atoms. The number of rotatable bonds is 4. The van der Waals surface area contributed by atoms with E-state index < -0.39 is 0 Å². The van der Waals surface area contributed by atoms with Crippen LogP contribution in [0.5, 0.6) is 0 Å². The highest BCUT2D eigenvalue weighted by molar-refractivity contribution is 5.00. The van der Waals surface area contributed by atoms with Crippen LogP contribution in [0.2, 0.25) is 0 Å². The molecule has 0 N–H and O–H groups in total. The highest BCUT2D eigenvalue weighted by Crippen LogP contribution is 2.48. The predicted octanol–water partition coefficient (Wildman–Crippen LogP) is 4.46. The van der Waals surface area contributed by atoms with Gasteiger partial charge in [0.2, 0.25) is 0 Å². The third-order valence-electron chi connectivity index (χ3n) is 5.72. The molecule has 18 heavy (non-hydrogen) atoms. The van der Waals surface area contributed by atoms with E-state index in [1.54, 1.807) is 0 Å². The Kier molecular flexibility index (Phi) is 4.08. The van der Waals surface area contributed by atoms with E-state index in [2.05, 4.69) is 27.7 Å². The molecule has 2 aliphatic heterocycles. The smallest absolute Gasteiger partial charge is 0.0924 e. The molecule has 0 bridgehead atoms. The molecule has 0 aromatic carbocycles. The SMILES string of the molecule is CCC1(CC)CCC2(CCC(CC)(CC)O2)CO1. The van der Waals surface area contributed by atoms with Crippen LogP contribution in [0.3, 0.4) is 0 Å². The lowest BCUT2D eigenvalue weighted by Crippen LogP contribution is -2.49. The Morgan fingerprint density at radius 3 is 1.61 bits per heavy atom. The zero-order valence-electron chi connectivity index (χ0n) is 12.7. The second-order valence-electron chi connectivity index (χ2n) is 6.35. The van der Waals surface area contributed by atoms with Crippen LogP contribution >= 0.6 is 0 Å². The van der Waals surface area contributed by atoms with Crippen molar-refractivity contribution in [1.29, 1.82) is 0 Å². The summed E-state index contributed by atoms with van der Waals surface area (Å²) in [6.45, 7) is 9.83. The van der Waals surface area contributed by atoms with Crippen LogP contribution in [0.25, 0.3) is 0 Å². The van der Waals surface area contributed by atoms with E-state index in [-0.39, 0.29) is 16.8 Å². The Balaban J connectivity index is 2.01. The topological polar surface area (TPSA) is 18.5 Å². The summed E-state index contributed by atoms with van der Waals surface area (Å²) in [5, 5.41) is 0. The fourth-order valence-electron chi connectivity index (χ4n) is 3.73. The monoisotopic (exact) mass is 254 g/mol. The summed E-state index contributed by atoms with van der Waals surface area (Å²) in [6, 6.07) is 0. The first-order chi connectivity index (χ1) is 8.57. The zero-order valence-corrected chi connectivity index (χ0v) is 12.7. The molecule has 0 aliphatic carbocycles. The molecule has 0 radical (unpaired) electrons. The summed E-state index contributed by atoms with van der Waals surface area (Å²) in [5.74, 6) is 0. The van der Waals surface area contributed by atoms with Gasteiger partial charge in [0, 0.05) is 0 Å². The van der Waals surface area contributed by atoms with Crippen LogP contribution in [0.1, 0.15) is 79.1 Å². The molecule has 1 unspecified atom stereocenters. The minimum atomic E-state index is 0.0415. The van der Waals surface area contributed by atoms with Gasteiger partial charge in [0.25, 0.3) is 0 Å². The summed E-state index contributed by atoms with van der Waals surface area (Å²) < 4.78 is 12.8. The van der Waals surface area contributed by atoms with Crippen molar-refractivity contribution in [3.8, 4) is 0 Å². The molecule has 0 aromatic rings. The van der Waals surface area contributed by atoms with E-state index in [0.717, 1.165) is 32.3 Å². The first-order valence-electron chi connectivity index (χ1n) is 7.91. The first-order valence-corrected chi connectivity index (χ1v) is 7.91. The van der Waals surface area contributed by atoms with Crippen molar-refractivity contribution >= 4 is 0 Å². The molecular weight excluding hydrogens is 224 g/mol. The van der Waals surface area contributed by atoms with Gasteiger partial charge in [0.05, 0.1) is 23.4 Å². The molecule has 1 atom stereocenters. The van der Waals surface area contributed by atoms with Gasteiger partial charge in [-0.2, -0.15) is 0 Å². The van der Waals surface area contributed by atoms with Gasteiger partial charge in [0.15, 0.2) is 0 Å². The van der Waals surface area contributed by atoms with Crippen molar-refractivity contribution in [1.82, 2.24) is 0 Å². The quantitative estimate of drug-likeness (QED) is 0.737. The molecule has 0 aromatic heterocycles. The highest BCUT2D eigenvalue weighted by atomic mass is 16.6. The van der Waals surface area contributed by atoms with E-state index in [9.17, 15) is 0 Å². The molecule has 2 heterocycles. The van der Waals surface area contributed by atoms with Crippen molar-refractivity contribution in [3.05, 3.63) is 0 Å². The maximum absolute atomic E-state index is 6.53. The van der Waals surface area contributed by atoms with Crippen molar-refractivity contribution in [2.45, 2.75) is 95.9 Å². The van der Waals surface area contributed by atoms with E-state index in [1.807, 2.05) is 0 Å². The average Bonchev–Trinajstić information content (AvgIpc) is 2.81. The standard InChI is InChI=1S/C16H30O2/c1-5-14(6-2)9-11-16(13-17-14)12-10-15(7-3,8-4)18-16/h5-13H2,1-4H3. The molecule has 2 saturated heterocycles. The van der Waals surface area contributed by atoms with Gasteiger partial charge >= 0.3 is 0 Å². The van der Waals surface area contributed by atoms with Gasteiger partial charge in [-0.1, -0.05) is 27.7 Å². The molecular formula is C16H30O2. The number of ether oxygens (including phenoxy) is 2. The van der Waals surface area contributed by atoms with Crippen LogP contribution in [0, 0.1) is 0 Å². The van der Waals surface area contributed by atoms with Crippen molar-refractivity contribution in [2.24, 2.45) is 0 Å². The molecule has 2 rings (SSSR count). The second-order valence-corrected chi connectivity index (χ2v) is 6.35. The Morgan fingerprint density at radius 2 is 1.22 bits per heavy atom. The highest BCUT2D eigenvalue weighted by Gasteiger charge is 2.51. The van der Waals surface area contributed by atoms with Crippen molar-refractivity contribution in [2.75, 3.05) is 6.61 Å². The minimum absolute atomic E-state index is 0.0415. The van der Waals surface area contributed by atoms with E-state index in [1.165, 1.54) is 25.7 Å². The maximum atomic E-state index is 6.53. The number of hydrogen-bond donors (Lipinski definition) is 0. The average molecular weight is 254 g/mol. The molecule has 106 valence electrons. The van der Waals surface area contributed by atoms with Crippen LogP contribution < -0.4 is 0 Å². The minimum Gasteiger partial charge on any atom is -0.372 e. The van der Waals surface area contributed by atoms with Gasteiger partial charge in [-0.15, -0.1) is 0 Å². The van der Waals surface area contributed by atoms with Gasteiger partial charge in [-0.25, -0.2) is 0 Å². The van der Waals surface area contributed by atoms with Crippen LogP contribution in [0.15, 0.2) is 0 Å². The summed E-state index contributed by atoms with van der Waals surface area (Å²) >= 11 is 0. The Bertz CT molecular complexity index is 267. The van der Waals surface area contributed by atoms with Crippen molar-refractivity contribution < 1.29 is 9.47 Å². The predicted molar refractivity (Wildman–Crippen MR) is 74.9 cm³/mol. The third-order valence-corrected chi connectivity index (χ3v) is 5.72. The van der Waals surface area contributed by atoms with Gasteiger partial charge in [-0.05, 0) is 51.4 Å². The summed E-state index contributed by atoms with van der Waals surface area (Å²) in [4.78, 5) is 0. The van der Waals surface area contributed by atoms with Crippen molar-refractivity contribution in [3.63, 3.8) is 0 Å². The molecule has 2 aliphatic rings. The first kappa shape index (κ1) is 14.3. The Labute approximate surface area is 112 Å². The zero-order chi connectivity index (χ0) is 13.3. The Hall–Kier alpha value is -0.0800. The largest absolute Gasteiger partial charge is 0.372 e. The lowest BCUT2D eigenvalue weighted by molar-refractivity contribution is -0.207. The summed E-state index contributed by atoms with van der Waals surface area (Å²) in [7, 11) is 0. The third kappa shape index (κ3) is 2.34. The van der Waals surface area contributed by atoms with Gasteiger partial charge < -0.3 is 9.47 Å². The fourth-order valence-corrected chi connectivity index (χ4v) is 3.73. The maximum Gasteiger partial charge on any atom is 0.0924 e. The lowest BCUT2D eigenvalue weighted by Gasteiger charge is -2.45. The van der Waals surface area contributed by atoms with E-state index in [4.69, 9.17) is 9.47 Å². The number of hydrogen-bond acceptors (Lipinski definition) is 2. The normalized spacial score (nSPS) is 34.0. The Morgan fingerprint density at radius 1 is 0.722 bits per heavy atom. The molecule has 0 amide bonds. The summed E-state index contributed by atoms with van der Waals surface area (Å²) in [5.41, 5.74) is 0.319. The van der Waals surface area contributed by atoms with Crippen LogP contribution in [-0.2, 0) is 9.47 Å². The molecule has 0 saturated carbocycles. The summed E-state index contributed by atoms with van der Waals surface area (Å²) in [6.07, 6.45) is 9.31. The molecule has 2 heteroatoms. The van der Waals surface area contributed by atoms with Gasteiger partial charge in [0.1, 0.15) is 0 Å². The van der Waals surface area contributed by atoms with E-state index >= 15 is 0 Å². The molecule has 2 nitrogen and oxygen atoms in total. The molecule has 2 fully saturated rings. The second kappa shape index (κ2) is 5.13. The van der Waals surface area contributed by atoms with Gasteiger partial charge in [-0.3, -0.25) is 0 Å². The fraction of sp³-hybridized carbons (Fsp3) is 1.00. The van der Waals surface area contributed by atoms with Crippen LogP contribution in [-0.4, -0.2) is 23.4 Å². The van der Waals surface area contributed by atoms with E-state index in [0.29, 0.717) is 0 Å². The van der Waals surface area contributed by atoms with Crippen LogP contribution in [0.4, 0.5) is 0 Å². The lowest BCUT2D eigenvalue weighted by atomic mass is 9.81.